The quantitative estimate of drug-likeness (QED) is 0.417. The molecule has 0 fully saturated rings. The minimum Gasteiger partial charge on any atom is -0.352 e. The Balaban J connectivity index is 1.43. The van der Waals surface area contributed by atoms with Crippen LogP contribution in [0.3, 0.4) is 0 Å². The van der Waals surface area contributed by atoms with Gasteiger partial charge in [-0.1, -0.05) is 24.3 Å². The Kier molecular flexibility index (Phi) is 6.65. The number of rotatable bonds is 7. The third kappa shape index (κ3) is 4.79. The van der Waals surface area contributed by atoms with Crippen LogP contribution in [0.5, 0.6) is 0 Å². The molecule has 0 heterocycles. The van der Waals surface area contributed by atoms with Gasteiger partial charge in [-0.25, -0.2) is 0 Å². The summed E-state index contributed by atoms with van der Waals surface area (Å²) in [4.78, 5) is 52.7. The molecule has 0 saturated carbocycles. The lowest BCUT2D eigenvalue weighted by atomic mass is 9.83. The Hall–Kier alpha value is -4.10. The molecule has 2 N–H and O–H groups in total. The predicted molar refractivity (Wildman–Crippen MR) is 130 cm³/mol. The standard InChI is InChI=1S/C27H25N3O4/c1-30(2)15-5-14-28-26(33)17-8-11-19(12-9-17)29-27(34)18-10-13-22-23(16-18)25(32)21-7-4-3-6-20(21)24(22)31/h3-4,6-13,16H,5,14-15H2,1-2H3,(H,28,33)(H,29,34). The summed E-state index contributed by atoms with van der Waals surface area (Å²) >= 11 is 0. The summed E-state index contributed by atoms with van der Waals surface area (Å²) in [5, 5.41) is 5.64. The number of benzene rings is 3. The van der Waals surface area contributed by atoms with Crippen LogP contribution in [-0.2, 0) is 0 Å². The maximum absolute atomic E-state index is 12.9. The van der Waals surface area contributed by atoms with Crippen LogP contribution in [0.4, 0.5) is 5.69 Å². The first kappa shape index (κ1) is 23.1. The van der Waals surface area contributed by atoms with E-state index in [4.69, 9.17) is 0 Å². The van der Waals surface area contributed by atoms with Crippen molar-refractivity contribution < 1.29 is 19.2 Å². The molecule has 1 aliphatic carbocycles. The SMILES string of the molecule is CN(C)CCCNC(=O)c1ccc(NC(=O)c2ccc3c(c2)C(=O)c2ccccc2C3=O)cc1. The van der Waals surface area contributed by atoms with E-state index in [1.54, 1.807) is 48.5 Å². The maximum atomic E-state index is 12.9. The molecule has 0 saturated heterocycles. The summed E-state index contributed by atoms with van der Waals surface area (Å²) in [6.45, 7) is 1.47. The summed E-state index contributed by atoms with van der Waals surface area (Å²) in [7, 11) is 3.96. The Morgan fingerprint density at radius 2 is 1.32 bits per heavy atom. The fourth-order valence-electron chi connectivity index (χ4n) is 3.85. The van der Waals surface area contributed by atoms with Gasteiger partial charge in [0.15, 0.2) is 11.6 Å². The van der Waals surface area contributed by atoms with Gasteiger partial charge in [0.1, 0.15) is 0 Å². The molecule has 0 bridgehead atoms. The van der Waals surface area contributed by atoms with Gasteiger partial charge in [0, 0.05) is 45.6 Å². The van der Waals surface area contributed by atoms with Gasteiger partial charge < -0.3 is 15.5 Å². The van der Waals surface area contributed by atoms with E-state index in [2.05, 4.69) is 15.5 Å². The summed E-state index contributed by atoms with van der Waals surface area (Å²) in [6.07, 6.45) is 0.855. The van der Waals surface area contributed by atoms with Crippen LogP contribution in [-0.4, -0.2) is 55.5 Å². The van der Waals surface area contributed by atoms with Crippen molar-refractivity contribution in [2.75, 3.05) is 32.5 Å². The van der Waals surface area contributed by atoms with Crippen molar-refractivity contribution in [1.29, 1.82) is 0 Å². The highest BCUT2D eigenvalue weighted by molar-refractivity contribution is 6.28. The van der Waals surface area contributed by atoms with Gasteiger partial charge in [-0.15, -0.1) is 0 Å². The molecule has 7 heteroatoms. The van der Waals surface area contributed by atoms with Crippen LogP contribution in [0, 0.1) is 0 Å². The van der Waals surface area contributed by atoms with Crippen molar-refractivity contribution >= 4 is 29.1 Å². The zero-order chi connectivity index (χ0) is 24.2. The lowest BCUT2D eigenvalue weighted by Crippen LogP contribution is -2.27. The van der Waals surface area contributed by atoms with Gasteiger partial charge in [0.2, 0.25) is 0 Å². The molecule has 7 nitrogen and oxygen atoms in total. The van der Waals surface area contributed by atoms with Crippen LogP contribution in [0.25, 0.3) is 0 Å². The van der Waals surface area contributed by atoms with E-state index < -0.39 is 5.91 Å². The third-order valence-corrected chi connectivity index (χ3v) is 5.66. The number of nitrogens with zero attached hydrogens (tertiary/aromatic N) is 1. The molecule has 3 aromatic rings. The number of anilines is 1. The molecule has 172 valence electrons. The van der Waals surface area contributed by atoms with Crippen molar-refractivity contribution in [1.82, 2.24) is 10.2 Å². The molecule has 0 spiro atoms. The first-order chi connectivity index (χ1) is 16.3. The number of amides is 2. The van der Waals surface area contributed by atoms with Gasteiger partial charge in [-0.2, -0.15) is 0 Å². The zero-order valence-corrected chi connectivity index (χ0v) is 19.1. The highest BCUT2D eigenvalue weighted by Crippen LogP contribution is 2.28. The van der Waals surface area contributed by atoms with Crippen LogP contribution in [0.2, 0.25) is 0 Å². The van der Waals surface area contributed by atoms with Crippen LogP contribution in [0.15, 0.2) is 66.7 Å². The number of nitrogens with one attached hydrogen (secondary N) is 2. The van der Waals surface area contributed by atoms with Gasteiger partial charge in [-0.05, 0) is 69.5 Å². The lowest BCUT2D eigenvalue weighted by Gasteiger charge is -2.18. The molecular weight excluding hydrogens is 430 g/mol. The van der Waals surface area contributed by atoms with Crippen molar-refractivity contribution in [2.24, 2.45) is 0 Å². The van der Waals surface area contributed by atoms with Crippen molar-refractivity contribution in [3.05, 3.63) is 100 Å². The Morgan fingerprint density at radius 3 is 1.97 bits per heavy atom. The summed E-state index contributed by atoms with van der Waals surface area (Å²) in [6, 6.07) is 17.8. The number of hydrogen-bond acceptors (Lipinski definition) is 5. The Morgan fingerprint density at radius 1 is 0.735 bits per heavy atom. The molecular formula is C27H25N3O4. The van der Waals surface area contributed by atoms with E-state index in [0.717, 1.165) is 13.0 Å². The third-order valence-electron chi connectivity index (χ3n) is 5.66. The predicted octanol–water partition coefficient (Wildman–Crippen LogP) is 3.40. The molecule has 0 aromatic heterocycles. The maximum Gasteiger partial charge on any atom is 0.255 e. The number of ketones is 2. The lowest BCUT2D eigenvalue weighted by molar-refractivity contribution is 0.0951. The fraction of sp³-hybridized carbons (Fsp3) is 0.185. The van der Waals surface area contributed by atoms with E-state index in [0.29, 0.717) is 34.5 Å². The van der Waals surface area contributed by atoms with Gasteiger partial charge >= 0.3 is 0 Å². The molecule has 4 rings (SSSR count). The van der Waals surface area contributed by atoms with E-state index in [-0.39, 0.29) is 28.6 Å². The monoisotopic (exact) mass is 455 g/mol. The van der Waals surface area contributed by atoms with Gasteiger partial charge in [0.25, 0.3) is 11.8 Å². The molecule has 0 unspecified atom stereocenters. The second kappa shape index (κ2) is 9.80. The smallest absolute Gasteiger partial charge is 0.255 e. The summed E-state index contributed by atoms with van der Waals surface area (Å²) < 4.78 is 0. The fourth-order valence-corrected chi connectivity index (χ4v) is 3.85. The second-order valence-corrected chi connectivity index (χ2v) is 8.41. The second-order valence-electron chi connectivity index (χ2n) is 8.41. The average Bonchev–Trinajstić information content (AvgIpc) is 2.85. The summed E-state index contributed by atoms with van der Waals surface area (Å²) in [5.41, 5.74) is 2.51. The number of carbonyl (C=O) groups is 4. The van der Waals surface area contributed by atoms with Crippen molar-refractivity contribution in [3.63, 3.8) is 0 Å². The normalized spacial score (nSPS) is 12.2. The van der Waals surface area contributed by atoms with Crippen LogP contribution >= 0.6 is 0 Å². The molecule has 34 heavy (non-hydrogen) atoms. The highest BCUT2D eigenvalue weighted by atomic mass is 16.2. The Labute approximate surface area is 197 Å². The first-order valence-electron chi connectivity index (χ1n) is 11.0. The first-order valence-corrected chi connectivity index (χ1v) is 11.0. The number of hydrogen-bond donors (Lipinski definition) is 2. The minimum atomic E-state index is -0.414. The van der Waals surface area contributed by atoms with E-state index in [1.807, 2.05) is 14.1 Å². The van der Waals surface area contributed by atoms with E-state index in [1.165, 1.54) is 18.2 Å². The highest BCUT2D eigenvalue weighted by Gasteiger charge is 2.29. The number of carbonyl (C=O) groups excluding carboxylic acids is 4. The van der Waals surface area contributed by atoms with E-state index in [9.17, 15) is 19.2 Å². The van der Waals surface area contributed by atoms with Gasteiger partial charge in [0.05, 0.1) is 0 Å². The van der Waals surface area contributed by atoms with Crippen molar-refractivity contribution in [3.8, 4) is 0 Å². The molecule has 3 aromatic carbocycles. The largest absolute Gasteiger partial charge is 0.352 e. The van der Waals surface area contributed by atoms with Crippen molar-refractivity contribution in [2.45, 2.75) is 6.42 Å². The average molecular weight is 456 g/mol. The molecule has 2 amide bonds. The van der Waals surface area contributed by atoms with Gasteiger partial charge in [-0.3, -0.25) is 19.2 Å². The summed E-state index contributed by atoms with van der Waals surface area (Å²) in [5.74, 6) is -1.09. The molecule has 0 atom stereocenters. The minimum absolute atomic E-state index is 0.171. The van der Waals surface area contributed by atoms with Crippen LogP contribution < -0.4 is 10.6 Å². The zero-order valence-electron chi connectivity index (χ0n) is 19.1. The topological polar surface area (TPSA) is 95.6 Å². The number of fused-ring (bicyclic) bond motifs is 2. The van der Waals surface area contributed by atoms with E-state index >= 15 is 0 Å². The Bertz CT molecular complexity index is 1280. The molecule has 0 radical (unpaired) electrons. The molecule has 1 aliphatic rings. The van der Waals surface area contributed by atoms with Crippen LogP contribution in [0.1, 0.15) is 59.0 Å². The molecule has 0 aliphatic heterocycles.